The second-order valence-corrected chi connectivity index (χ2v) is 8.38. The van der Waals surface area contributed by atoms with Gasteiger partial charge in [-0.3, -0.25) is 4.79 Å². The molecule has 2 heterocycles. The predicted octanol–water partition coefficient (Wildman–Crippen LogP) is 2.41. The molecule has 0 aromatic carbocycles. The molecular weight excluding hydrogens is 333 g/mol. The number of hydrogen-bond acceptors (Lipinski definition) is 6. The molecule has 142 valence electrons. The molecule has 6 nitrogen and oxygen atoms in total. The van der Waals surface area contributed by atoms with Gasteiger partial charge in [0, 0.05) is 17.7 Å². The molecule has 1 aromatic rings. The molecule has 2 aliphatic rings. The number of aromatic nitrogens is 1. The Hall–Kier alpha value is -1.60. The quantitative estimate of drug-likeness (QED) is 0.593. The number of hydrogen-bond donors (Lipinski definition) is 0. The fourth-order valence-electron chi connectivity index (χ4n) is 3.28. The van der Waals surface area contributed by atoms with E-state index in [9.17, 15) is 4.79 Å². The van der Waals surface area contributed by atoms with Gasteiger partial charge >= 0.3 is 13.1 Å². The van der Waals surface area contributed by atoms with Crippen LogP contribution in [0.5, 0.6) is 5.88 Å². The first-order valence-corrected chi connectivity index (χ1v) is 9.14. The van der Waals surface area contributed by atoms with Gasteiger partial charge in [-0.2, -0.15) is 0 Å². The number of ether oxygens (including phenoxy) is 2. The number of methoxy groups -OCH3 is 1. The molecule has 3 rings (SSSR count). The number of pyridine rings is 1. The van der Waals surface area contributed by atoms with Crippen molar-refractivity contribution in [1.29, 1.82) is 0 Å². The monoisotopic (exact) mass is 361 g/mol. The lowest BCUT2D eigenvalue weighted by molar-refractivity contribution is -0.161. The zero-order valence-corrected chi connectivity index (χ0v) is 16.5. The molecular formula is C19H28BNO5. The highest BCUT2D eigenvalue weighted by Crippen LogP contribution is 2.42. The minimum absolute atomic E-state index is 0.200. The zero-order chi connectivity index (χ0) is 19.2. The van der Waals surface area contributed by atoms with Crippen LogP contribution in [0.25, 0.3) is 0 Å². The van der Waals surface area contributed by atoms with Crippen molar-refractivity contribution >= 4 is 18.6 Å². The molecule has 1 aliphatic heterocycles. The molecule has 2 fully saturated rings. The van der Waals surface area contributed by atoms with Gasteiger partial charge in [-0.1, -0.05) is 6.42 Å². The van der Waals surface area contributed by atoms with Crippen LogP contribution < -0.4 is 10.2 Å². The molecule has 1 aromatic heterocycles. The molecule has 0 radical (unpaired) electrons. The molecule has 1 saturated carbocycles. The molecule has 0 N–H and O–H groups in total. The third-order valence-electron chi connectivity index (χ3n) is 6.06. The van der Waals surface area contributed by atoms with E-state index in [-0.39, 0.29) is 5.97 Å². The minimum atomic E-state index is -0.519. The van der Waals surface area contributed by atoms with Crippen LogP contribution >= 0.6 is 0 Å². The van der Waals surface area contributed by atoms with E-state index >= 15 is 0 Å². The Morgan fingerprint density at radius 1 is 1.23 bits per heavy atom. The topological polar surface area (TPSA) is 66.9 Å². The zero-order valence-electron chi connectivity index (χ0n) is 16.5. The van der Waals surface area contributed by atoms with Crippen LogP contribution in [0.15, 0.2) is 12.3 Å². The van der Waals surface area contributed by atoms with Crippen LogP contribution in [0.1, 0.15) is 52.5 Å². The first kappa shape index (κ1) is 19.2. The van der Waals surface area contributed by atoms with Crippen molar-refractivity contribution < 1.29 is 23.6 Å². The van der Waals surface area contributed by atoms with Gasteiger partial charge in [0.15, 0.2) is 0 Å². The summed E-state index contributed by atoms with van der Waals surface area (Å²) in [5, 5.41) is 0. The average molecular weight is 361 g/mol. The first-order chi connectivity index (χ1) is 12.1. The smallest absolute Gasteiger partial charge is 0.476 e. The average Bonchev–Trinajstić information content (AvgIpc) is 2.73. The van der Waals surface area contributed by atoms with Gasteiger partial charge < -0.3 is 18.8 Å². The minimum Gasteiger partial charge on any atom is -0.476 e. The maximum absolute atomic E-state index is 12.0. The van der Waals surface area contributed by atoms with Crippen LogP contribution in [-0.4, -0.2) is 43.0 Å². The standard InChI is InChI=1S/C19H28BNO5/c1-13-10-15(24-12-19(8-7-9-19)16(22)23-6)21-11-14(13)20-25-17(2,3)18(4,5)26-20/h10-11H,7-9,12H2,1-6H3. The van der Waals surface area contributed by atoms with Crippen LogP contribution in [0.4, 0.5) is 0 Å². The molecule has 0 bridgehead atoms. The van der Waals surface area contributed by atoms with Gasteiger partial charge in [-0.25, -0.2) is 4.98 Å². The predicted molar refractivity (Wildman–Crippen MR) is 98.5 cm³/mol. The Kier molecular flexibility index (Phi) is 4.82. The van der Waals surface area contributed by atoms with Crippen molar-refractivity contribution in [2.45, 2.75) is 65.1 Å². The molecule has 0 amide bonds. The Morgan fingerprint density at radius 2 is 1.85 bits per heavy atom. The van der Waals surface area contributed by atoms with Crippen LogP contribution in [-0.2, 0) is 18.8 Å². The van der Waals surface area contributed by atoms with E-state index in [2.05, 4.69) is 4.98 Å². The highest BCUT2D eigenvalue weighted by Gasteiger charge is 2.52. The number of carbonyl (C=O) groups is 1. The van der Waals surface area contributed by atoms with Crippen molar-refractivity contribution in [3.63, 3.8) is 0 Å². The van der Waals surface area contributed by atoms with Crippen LogP contribution in [0.2, 0.25) is 0 Å². The first-order valence-electron chi connectivity index (χ1n) is 9.14. The molecule has 0 spiro atoms. The van der Waals surface area contributed by atoms with Gasteiger partial charge in [0.05, 0.1) is 18.3 Å². The third-order valence-corrected chi connectivity index (χ3v) is 6.06. The van der Waals surface area contributed by atoms with Crippen molar-refractivity contribution in [2.24, 2.45) is 5.41 Å². The van der Waals surface area contributed by atoms with E-state index in [1.54, 1.807) is 6.20 Å². The Labute approximate surface area is 155 Å². The summed E-state index contributed by atoms with van der Waals surface area (Å²) in [4.78, 5) is 16.4. The van der Waals surface area contributed by atoms with E-state index in [4.69, 9.17) is 18.8 Å². The maximum atomic E-state index is 12.0. The summed E-state index contributed by atoms with van der Waals surface area (Å²) in [6, 6.07) is 1.87. The number of esters is 1. The third kappa shape index (κ3) is 3.23. The van der Waals surface area contributed by atoms with E-state index in [0.29, 0.717) is 12.5 Å². The van der Waals surface area contributed by atoms with Crippen molar-refractivity contribution in [3.8, 4) is 5.88 Å². The van der Waals surface area contributed by atoms with Gasteiger partial charge in [0.2, 0.25) is 5.88 Å². The SMILES string of the molecule is COC(=O)C1(COc2cc(C)c(B3OC(C)(C)C(C)(C)O3)cn2)CCC1. The number of carbonyl (C=O) groups excluding carboxylic acids is 1. The molecule has 0 atom stereocenters. The molecule has 26 heavy (non-hydrogen) atoms. The molecule has 7 heteroatoms. The Bertz CT molecular complexity index is 683. The summed E-state index contributed by atoms with van der Waals surface area (Å²) in [7, 11) is 0.971. The lowest BCUT2D eigenvalue weighted by Crippen LogP contribution is -2.44. The van der Waals surface area contributed by atoms with E-state index in [1.165, 1.54) is 7.11 Å². The number of nitrogens with zero attached hydrogens (tertiary/aromatic N) is 1. The van der Waals surface area contributed by atoms with E-state index < -0.39 is 23.7 Å². The summed E-state index contributed by atoms with van der Waals surface area (Å²) in [5.74, 6) is 0.298. The summed E-state index contributed by atoms with van der Waals surface area (Å²) in [6.45, 7) is 10.4. The summed E-state index contributed by atoms with van der Waals surface area (Å²) in [5.41, 5.74) is 0.568. The van der Waals surface area contributed by atoms with Crippen LogP contribution in [0.3, 0.4) is 0 Å². The van der Waals surface area contributed by atoms with Gasteiger partial charge in [-0.15, -0.1) is 0 Å². The second-order valence-electron chi connectivity index (χ2n) is 8.38. The summed E-state index contributed by atoms with van der Waals surface area (Å²) >= 11 is 0. The van der Waals surface area contributed by atoms with Gasteiger partial charge in [0.25, 0.3) is 0 Å². The normalized spacial score (nSPS) is 22.6. The van der Waals surface area contributed by atoms with Crippen molar-refractivity contribution in [2.75, 3.05) is 13.7 Å². The highest BCUT2D eigenvalue weighted by atomic mass is 16.7. The van der Waals surface area contributed by atoms with Gasteiger partial charge in [0.1, 0.15) is 12.0 Å². The Balaban J connectivity index is 1.70. The number of aryl methyl sites for hydroxylation is 1. The van der Waals surface area contributed by atoms with Crippen LogP contribution in [0, 0.1) is 12.3 Å². The largest absolute Gasteiger partial charge is 0.496 e. The van der Waals surface area contributed by atoms with Crippen molar-refractivity contribution in [3.05, 3.63) is 17.8 Å². The molecule has 1 aliphatic carbocycles. The maximum Gasteiger partial charge on any atom is 0.496 e. The highest BCUT2D eigenvalue weighted by molar-refractivity contribution is 6.62. The molecule has 0 unspecified atom stereocenters. The summed E-state index contributed by atoms with van der Waals surface area (Å²) < 4.78 is 22.9. The molecule has 1 saturated heterocycles. The van der Waals surface area contributed by atoms with E-state index in [1.807, 2.05) is 40.7 Å². The van der Waals surface area contributed by atoms with Crippen molar-refractivity contribution in [1.82, 2.24) is 4.98 Å². The number of rotatable bonds is 5. The van der Waals surface area contributed by atoms with Gasteiger partial charge in [-0.05, 0) is 53.0 Å². The lowest BCUT2D eigenvalue weighted by atomic mass is 9.69. The van der Waals surface area contributed by atoms with E-state index in [0.717, 1.165) is 30.3 Å². The summed E-state index contributed by atoms with van der Waals surface area (Å²) in [6.07, 6.45) is 4.35. The lowest BCUT2D eigenvalue weighted by Gasteiger charge is -2.38. The second kappa shape index (κ2) is 6.53. The fourth-order valence-corrected chi connectivity index (χ4v) is 3.28. The fraction of sp³-hybridized carbons (Fsp3) is 0.684. The Morgan fingerprint density at radius 3 is 2.31 bits per heavy atom.